The molecule has 0 saturated carbocycles. The van der Waals surface area contributed by atoms with Crippen molar-refractivity contribution in [2.45, 2.75) is 63.7 Å². The van der Waals surface area contributed by atoms with Crippen molar-refractivity contribution < 1.29 is 9.00 Å². The smallest absolute Gasteiger partial charge is 0.241 e. The fourth-order valence-electron chi connectivity index (χ4n) is 5.52. The molecular formula is C25H32N8O2S. The average Bonchev–Trinajstić information content (AvgIpc) is 3.17. The topological polar surface area (TPSA) is 119 Å². The van der Waals surface area contributed by atoms with Crippen LogP contribution in [-0.4, -0.2) is 77.9 Å². The minimum atomic E-state index is -1.08. The molecule has 36 heavy (non-hydrogen) atoms. The summed E-state index contributed by atoms with van der Waals surface area (Å²) in [7, 11) is -1.08. The third kappa shape index (κ3) is 3.74. The van der Waals surface area contributed by atoms with E-state index in [-0.39, 0.29) is 17.4 Å². The van der Waals surface area contributed by atoms with Gasteiger partial charge >= 0.3 is 0 Å². The summed E-state index contributed by atoms with van der Waals surface area (Å²) in [5.74, 6) is 2.97. The Morgan fingerprint density at radius 2 is 1.97 bits per heavy atom. The first kappa shape index (κ1) is 24.6. The van der Waals surface area contributed by atoms with Crippen molar-refractivity contribution in [1.29, 1.82) is 5.26 Å². The SMILES string of the molecule is CCc1cc(N2CC(C)(C)c3c(N4CCN(C(=O)C5(C)CCS5=O)C(C)C4)ncnc32)nnc1C#N. The lowest BCUT2D eigenvalue weighted by atomic mass is 9.87. The molecule has 3 aliphatic heterocycles. The molecule has 3 atom stereocenters. The number of aryl methyl sites for hydroxylation is 1. The van der Waals surface area contributed by atoms with Crippen LogP contribution < -0.4 is 9.80 Å². The third-order valence-electron chi connectivity index (χ3n) is 7.82. The molecule has 10 nitrogen and oxygen atoms in total. The number of hydrogen-bond acceptors (Lipinski definition) is 9. The summed E-state index contributed by atoms with van der Waals surface area (Å²) in [4.78, 5) is 28.7. The lowest BCUT2D eigenvalue weighted by molar-refractivity contribution is -0.136. The summed E-state index contributed by atoms with van der Waals surface area (Å²) >= 11 is 0. The van der Waals surface area contributed by atoms with Gasteiger partial charge < -0.3 is 14.7 Å². The molecule has 2 saturated heterocycles. The quantitative estimate of drug-likeness (QED) is 0.611. The van der Waals surface area contributed by atoms with Crippen LogP contribution in [-0.2, 0) is 27.4 Å². The van der Waals surface area contributed by atoms with Crippen molar-refractivity contribution in [2.75, 3.05) is 41.7 Å². The number of anilines is 3. The Morgan fingerprint density at radius 3 is 2.58 bits per heavy atom. The van der Waals surface area contributed by atoms with Gasteiger partial charge in [-0.2, -0.15) is 5.26 Å². The second-order valence-electron chi connectivity index (χ2n) is 10.7. The summed E-state index contributed by atoms with van der Waals surface area (Å²) < 4.78 is 11.5. The maximum atomic E-state index is 13.2. The zero-order valence-corrected chi connectivity index (χ0v) is 22.3. The number of nitrogens with zero attached hydrogens (tertiary/aromatic N) is 8. The van der Waals surface area contributed by atoms with Gasteiger partial charge in [0.1, 0.15) is 28.8 Å². The van der Waals surface area contributed by atoms with E-state index in [0.29, 0.717) is 56.3 Å². The van der Waals surface area contributed by atoms with Gasteiger partial charge in [-0.3, -0.25) is 9.00 Å². The predicted octanol–water partition coefficient (Wildman–Crippen LogP) is 2.08. The molecule has 3 unspecified atom stereocenters. The molecule has 2 aromatic rings. The molecule has 3 aliphatic rings. The van der Waals surface area contributed by atoms with Crippen LogP contribution in [0.5, 0.6) is 0 Å². The second-order valence-corrected chi connectivity index (χ2v) is 12.7. The number of nitriles is 1. The van der Waals surface area contributed by atoms with Crippen LogP contribution in [0, 0.1) is 11.3 Å². The van der Waals surface area contributed by atoms with Crippen LogP contribution >= 0.6 is 0 Å². The molecule has 0 aliphatic carbocycles. The molecule has 0 N–H and O–H groups in total. The molecule has 11 heteroatoms. The molecule has 1 amide bonds. The Hall–Kier alpha value is -3.13. The van der Waals surface area contributed by atoms with E-state index in [4.69, 9.17) is 4.98 Å². The fraction of sp³-hybridized carbons (Fsp3) is 0.600. The van der Waals surface area contributed by atoms with Crippen molar-refractivity contribution >= 4 is 34.2 Å². The normalized spacial score (nSPS) is 26.8. The number of hydrogen-bond donors (Lipinski definition) is 0. The molecule has 190 valence electrons. The van der Waals surface area contributed by atoms with Crippen molar-refractivity contribution in [3.05, 3.63) is 29.2 Å². The molecule has 2 fully saturated rings. The lowest BCUT2D eigenvalue weighted by Gasteiger charge is -2.46. The minimum absolute atomic E-state index is 0.00442. The molecule has 0 aromatic carbocycles. The van der Waals surface area contributed by atoms with Gasteiger partial charge in [0.15, 0.2) is 11.5 Å². The first-order valence-electron chi connectivity index (χ1n) is 12.4. The highest BCUT2D eigenvalue weighted by Gasteiger charge is 2.50. The van der Waals surface area contributed by atoms with E-state index in [9.17, 15) is 14.3 Å². The lowest BCUT2D eigenvalue weighted by Crippen LogP contribution is -2.63. The predicted molar refractivity (Wildman–Crippen MR) is 138 cm³/mol. The maximum absolute atomic E-state index is 13.2. The van der Waals surface area contributed by atoms with Gasteiger partial charge in [0.2, 0.25) is 5.91 Å². The molecule has 0 spiro atoms. The Kier molecular flexibility index (Phi) is 5.98. The standard InChI is InChI=1S/C25H32N8O2S/c1-6-17-11-19(30-29-18(17)12-26)33-14-24(3,4)20-21(27-15-28-22(20)33)31-8-9-32(16(2)13-31)23(34)25(5)7-10-36(25)35/h11,15-16H,6-10,13-14H2,1-5H3. The van der Waals surface area contributed by atoms with Crippen molar-refractivity contribution in [2.24, 2.45) is 0 Å². The Bertz CT molecular complexity index is 1290. The van der Waals surface area contributed by atoms with E-state index in [2.05, 4.69) is 44.9 Å². The van der Waals surface area contributed by atoms with Crippen LogP contribution in [0.15, 0.2) is 12.4 Å². The summed E-state index contributed by atoms with van der Waals surface area (Å²) in [5, 5.41) is 17.8. The summed E-state index contributed by atoms with van der Waals surface area (Å²) in [5.41, 5.74) is 2.01. The highest BCUT2D eigenvalue weighted by atomic mass is 32.2. The van der Waals surface area contributed by atoms with Crippen LogP contribution in [0.2, 0.25) is 0 Å². The van der Waals surface area contributed by atoms with E-state index in [0.717, 1.165) is 22.8 Å². The zero-order valence-electron chi connectivity index (χ0n) is 21.5. The van der Waals surface area contributed by atoms with Crippen molar-refractivity contribution in [3.63, 3.8) is 0 Å². The van der Waals surface area contributed by atoms with Gasteiger partial charge in [0.25, 0.3) is 0 Å². The Balaban J connectivity index is 1.44. The monoisotopic (exact) mass is 508 g/mol. The van der Waals surface area contributed by atoms with E-state index < -0.39 is 15.5 Å². The summed E-state index contributed by atoms with van der Waals surface area (Å²) in [6.07, 6.45) is 2.96. The number of aromatic nitrogens is 4. The largest absolute Gasteiger partial charge is 0.352 e. The average molecular weight is 509 g/mol. The zero-order chi connectivity index (χ0) is 25.8. The molecular weight excluding hydrogens is 476 g/mol. The number of carbonyl (C=O) groups is 1. The van der Waals surface area contributed by atoms with E-state index >= 15 is 0 Å². The van der Waals surface area contributed by atoms with Crippen LogP contribution in [0.3, 0.4) is 0 Å². The van der Waals surface area contributed by atoms with E-state index in [1.165, 1.54) is 0 Å². The van der Waals surface area contributed by atoms with Gasteiger partial charge in [-0.05, 0) is 38.3 Å². The molecule has 0 bridgehead atoms. The number of fused-ring (bicyclic) bond motifs is 1. The summed E-state index contributed by atoms with van der Waals surface area (Å²) in [6.45, 7) is 12.7. The highest BCUT2D eigenvalue weighted by Crippen LogP contribution is 2.46. The van der Waals surface area contributed by atoms with Crippen molar-refractivity contribution in [1.82, 2.24) is 25.1 Å². The minimum Gasteiger partial charge on any atom is -0.352 e. The van der Waals surface area contributed by atoms with Gasteiger partial charge in [0, 0.05) is 59.8 Å². The molecule has 0 radical (unpaired) electrons. The van der Waals surface area contributed by atoms with Crippen molar-refractivity contribution in [3.8, 4) is 6.07 Å². The van der Waals surface area contributed by atoms with Gasteiger partial charge in [-0.1, -0.05) is 20.8 Å². The number of carbonyl (C=O) groups excluding carboxylic acids is 1. The second kappa shape index (κ2) is 8.76. The number of rotatable bonds is 4. The first-order valence-corrected chi connectivity index (χ1v) is 13.8. The third-order valence-corrected chi connectivity index (χ3v) is 9.78. The number of piperazine rings is 1. The number of amides is 1. The van der Waals surface area contributed by atoms with Gasteiger partial charge in [0.05, 0.1) is 0 Å². The van der Waals surface area contributed by atoms with E-state index in [1.807, 2.05) is 31.7 Å². The highest BCUT2D eigenvalue weighted by molar-refractivity contribution is 7.88. The fourth-order valence-corrected chi connectivity index (χ4v) is 6.82. The summed E-state index contributed by atoms with van der Waals surface area (Å²) in [6, 6.07) is 4.02. The maximum Gasteiger partial charge on any atom is 0.241 e. The van der Waals surface area contributed by atoms with E-state index in [1.54, 1.807) is 6.33 Å². The van der Waals surface area contributed by atoms with Crippen LogP contribution in [0.4, 0.5) is 17.5 Å². The first-order chi connectivity index (χ1) is 17.1. The molecule has 5 rings (SSSR count). The Labute approximate surface area is 214 Å². The van der Waals surface area contributed by atoms with Gasteiger partial charge in [-0.25, -0.2) is 9.97 Å². The Morgan fingerprint density at radius 1 is 1.22 bits per heavy atom. The molecule has 5 heterocycles. The molecule has 2 aromatic heterocycles. The van der Waals surface area contributed by atoms with Crippen LogP contribution in [0.25, 0.3) is 0 Å². The van der Waals surface area contributed by atoms with Gasteiger partial charge in [-0.15, -0.1) is 10.2 Å². The van der Waals surface area contributed by atoms with Crippen LogP contribution in [0.1, 0.15) is 57.9 Å².